The molecule has 8 heteroatoms. The molecule has 1 heterocycles. The number of hydrogen-bond donors (Lipinski definition) is 0. The average molecular weight is 475 g/mol. The molecule has 0 amide bonds. The Labute approximate surface area is 174 Å². The molecule has 1 aliphatic heterocycles. The molecule has 3 aromatic carbocycles. The largest absolute Gasteiger partial charge is 0.452 e. The van der Waals surface area contributed by atoms with Crippen molar-refractivity contribution in [1.29, 1.82) is 0 Å². The maximum absolute atomic E-state index is 13.3. The van der Waals surface area contributed by atoms with E-state index in [1.165, 1.54) is 54.6 Å². The molecule has 0 N–H and O–H groups in total. The van der Waals surface area contributed by atoms with Crippen LogP contribution in [-0.2, 0) is 10.1 Å². The van der Waals surface area contributed by atoms with Crippen LogP contribution in [0.3, 0.4) is 0 Å². The van der Waals surface area contributed by atoms with Crippen LogP contribution in [0.5, 0.6) is 11.5 Å². The summed E-state index contributed by atoms with van der Waals surface area (Å²) in [5.74, 6) is -0.631. The normalized spacial score (nSPS) is 14.6. The summed E-state index contributed by atoms with van der Waals surface area (Å²) in [5.41, 5.74) is 0.733. The maximum Gasteiger partial charge on any atom is 0.339 e. The molecule has 146 valence electrons. The van der Waals surface area contributed by atoms with Crippen LogP contribution in [0.1, 0.15) is 15.9 Å². The first-order chi connectivity index (χ1) is 13.8. The van der Waals surface area contributed by atoms with Gasteiger partial charge in [-0.2, -0.15) is 8.42 Å². The van der Waals surface area contributed by atoms with Gasteiger partial charge in [0.15, 0.2) is 5.76 Å². The van der Waals surface area contributed by atoms with Crippen molar-refractivity contribution in [2.45, 2.75) is 4.90 Å². The molecule has 3 aromatic rings. The van der Waals surface area contributed by atoms with E-state index in [2.05, 4.69) is 15.9 Å². The Morgan fingerprint density at radius 2 is 1.76 bits per heavy atom. The topological polar surface area (TPSA) is 69.7 Å². The Bertz CT molecular complexity index is 1250. The predicted octanol–water partition coefficient (Wildman–Crippen LogP) is 4.97. The molecule has 0 atom stereocenters. The van der Waals surface area contributed by atoms with E-state index in [1.54, 1.807) is 18.2 Å². The zero-order valence-electron chi connectivity index (χ0n) is 14.6. The first kappa shape index (κ1) is 19.4. The van der Waals surface area contributed by atoms with Gasteiger partial charge >= 0.3 is 10.1 Å². The number of rotatable bonds is 4. The number of hydrogen-bond acceptors (Lipinski definition) is 5. The fourth-order valence-electron chi connectivity index (χ4n) is 2.74. The van der Waals surface area contributed by atoms with Crippen LogP contribution in [0.25, 0.3) is 6.08 Å². The minimum atomic E-state index is -4.05. The Morgan fingerprint density at radius 1 is 1.00 bits per heavy atom. The highest BCUT2D eigenvalue weighted by Gasteiger charge is 2.28. The fourth-order valence-corrected chi connectivity index (χ4v) is 3.93. The molecule has 0 bridgehead atoms. The summed E-state index contributed by atoms with van der Waals surface area (Å²) in [5, 5.41) is 0. The third-order valence-electron chi connectivity index (χ3n) is 4.10. The van der Waals surface area contributed by atoms with Gasteiger partial charge in [0.2, 0.25) is 5.78 Å². The van der Waals surface area contributed by atoms with Crippen LogP contribution in [0.15, 0.2) is 81.9 Å². The summed E-state index contributed by atoms with van der Waals surface area (Å²) in [6.07, 6.45) is 1.42. The van der Waals surface area contributed by atoms with E-state index >= 15 is 0 Å². The van der Waals surface area contributed by atoms with Crippen molar-refractivity contribution in [3.63, 3.8) is 0 Å². The monoisotopic (exact) mass is 474 g/mol. The third kappa shape index (κ3) is 4.08. The van der Waals surface area contributed by atoms with E-state index in [1.807, 2.05) is 0 Å². The first-order valence-corrected chi connectivity index (χ1v) is 10.6. The number of carbonyl (C=O) groups excluding carboxylic acids is 1. The van der Waals surface area contributed by atoms with Gasteiger partial charge in [0, 0.05) is 10.5 Å². The van der Waals surface area contributed by atoms with Gasteiger partial charge in [0.25, 0.3) is 0 Å². The van der Waals surface area contributed by atoms with Gasteiger partial charge in [-0.15, -0.1) is 0 Å². The van der Waals surface area contributed by atoms with Crippen molar-refractivity contribution in [2.75, 3.05) is 0 Å². The SMILES string of the molecule is O=C1C(=Cc2cccc(F)c2)Oc2cc(OS(=O)(=O)c3ccc(Br)cc3)ccc21. The predicted molar refractivity (Wildman–Crippen MR) is 108 cm³/mol. The van der Waals surface area contributed by atoms with Crippen molar-refractivity contribution in [3.8, 4) is 11.5 Å². The highest BCUT2D eigenvalue weighted by Crippen LogP contribution is 2.35. The summed E-state index contributed by atoms with van der Waals surface area (Å²) in [6, 6.07) is 15.8. The lowest BCUT2D eigenvalue weighted by atomic mass is 10.1. The van der Waals surface area contributed by atoms with Crippen molar-refractivity contribution >= 4 is 37.9 Å². The molecule has 0 aliphatic carbocycles. The summed E-state index contributed by atoms with van der Waals surface area (Å²) in [7, 11) is -4.05. The molecule has 0 spiro atoms. The lowest BCUT2D eigenvalue weighted by Gasteiger charge is -2.08. The van der Waals surface area contributed by atoms with Crippen LogP contribution in [-0.4, -0.2) is 14.2 Å². The minimum absolute atomic E-state index is 0.00599. The minimum Gasteiger partial charge on any atom is -0.452 e. The second-order valence-corrected chi connectivity index (χ2v) is 8.61. The quantitative estimate of drug-likeness (QED) is 0.394. The molecule has 0 saturated heterocycles. The van der Waals surface area contributed by atoms with Crippen molar-refractivity contribution < 1.29 is 26.5 Å². The Morgan fingerprint density at radius 3 is 2.48 bits per heavy atom. The summed E-state index contributed by atoms with van der Waals surface area (Å²) >= 11 is 3.24. The van der Waals surface area contributed by atoms with E-state index in [0.717, 1.165) is 4.47 Å². The molecule has 0 saturated carbocycles. The van der Waals surface area contributed by atoms with Gasteiger partial charge < -0.3 is 8.92 Å². The Kier molecular flexibility index (Phi) is 4.97. The Hall–Kier alpha value is -2.97. The molecule has 0 fully saturated rings. The second-order valence-electron chi connectivity index (χ2n) is 6.14. The molecule has 5 nitrogen and oxygen atoms in total. The summed E-state index contributed by atoms with van der Waals surface area (Å²) < 4.78 is 49.6. The van der Waals surface area contributed by atoms with Crippen molar-refractivity contribution in [3.05, 3.63) is 93.9 Å². The van der Waals surface area contributed by atoms with Gasteiger partial charge in [-0.1, -0.05) is 28.1 Å². The summed E-state index contributed by atoms with van der Waals surface area (Å²) in [6.45, 7) is 0. The number of ether oxygens (including phenoxy) is 1. The standard InChI is InChI=1S/C21H12BrFO5S/c22-14-4-7-17(8-5-14)29(25,26)28-16-6-9-18-19(12-16)27-20(21(18)24)11-13-2-1-3-15(23)10-13/h1-12H. The smallest absolute Gasteiger partial charge is 0.339 e. The molecule has 0 unspecified atom stereocenters. The van der Waals surface area contributed by atoms with Crippen molar-refractivity contribution in [1.82, 2.24) is 0 Å². The zero-order chi connectivity index (χ0) is 20.6. The number of ketones is 1. The molecule has 0 radical (unpaired) electrons. The third-order valence-corrected chi connectivity index (χ3v) is 5.89. The molecule has 0 aromatic heterocycles. The first-order valence-electron chi connectivity index (χ1n) is 8.36. The lowest BCUT2D eigenvalue weighted by molar-refractivity contribution is 0.101. The number of carbonyl (C=O) groups is 1. The highest BCUT2D eigenvalue weighted by atomic mass is 79.9. The van der Waals surface area contributed by atoms with Gasteiger partial charge in [-0.25, -0.2) is 4.39 Å². The number of Topliss-reactive ketones (excluding diaryl/α,β-unsaturated/α-hetero) is 1. The van der Waals surface area contributed by atoms with E-state index in [-0.39, 0.29) is 33.5 Å². The number of fused-ring (bicyclic) bond motifs is 1. The van der Waals surface area contributed by atoms with E-state index < -0.39 is 15.9 Å². The number of allylic oxidation sites excluding steroid dienone is 1. The molecule has 1 aliphatic rings. The number of halogens is 2. The highest BCUT2D eigenvalue weighted by molar-refractivity contribution is 9.10. The van der Waals surface area contributed by atoms with Crippen LogP contribution < -0.4 is 8.92 Å². The van der Waals surface area contributed by atoms with Gasteiger partial charge in [0.1, 0.15) is 22.2 Å². The molecular formula is C21H12BrFO5S. The van der Waals surface area contributed by atoms with Crippen LogP contribution >= 0.6 is 15.9 Å². The molecule has 4 rings (SSSR count). The van der Waals surface area contributed by atoms with E-state index in [0.29, 0.717) is 5.56 Å². The van der Waals surface area contributed by atoms with Crippen LogP contribution in [0.2, 0.25) is 0 Å². The Balaban J connectivity index is 1.60. The van der Waals surface area contributed by atoms with Crippen molar-refractivity contribution in [2.24, 2.45) is 0 Å². The lowest BCUT2D eigenvalue weighted by Crippen LogP contribution is -2.09. The maximum atomic E-state index is 13.3. The van der Waals surface area contributed by atoms with E-state index in [9.17, 15) is 17.6 Å². The average Bonchev–Trinajstić information content (AvgIpc) is 2.97. The zero-order valence-corrected chi connectivity index (χ0v) is 17.0. The van der Waals surface area contributed by atoms with Crippen LogP contribution in [0.4, 0.5) is 4.39 Å². The van der Waals surface area contributed by atoms with Crippen LogP contribution in [0, 0.1) is 5.82 Å². The number of benzene rings is 3. The van der Waals surface area contributed by atoms with E-state index in [4.69, 9.17) is 8.92 Å². The summed E-state index contributed by atoms with van der Waals surface area (Å²) in [4.78, 5) is 12.5. The molecular weight excluding hydrogens is 463 g/mol. The molecule has 29 heavy (non-hydrogen) atoms. The fraction of sp³-hybridized carbons (Fsp3) is 0. The van der Waals surface area contributed by atoms with Gasteiger partial charge in [-0.05, 0) is 60.2 Å². The van der Waals surface area contributed by atoms with Gasteiger partial charge in [-0.3, -0.25) is 4.79 Å². The van der Waals surface area contributed by atoms with Gasteiger partial charge in [0.05, 0.1) is 5.56 Å². The second kappa shape index (κ2) is 7.46.